The molecule has 0 aliphatic carbocycles. The largest absolute Gasteiger partial charge is 0.464 e. The number of anilines is 1. The molecule has 98 valence electrons. The Morgan fingerprint density at radius 1 is 1.50 bits per heavy atom. The van der Waals surface area contributed by atoms with Crippen molar-refractivity contribution in [1.29, 1.82) is 0 Å². The molecule has 0 spiro atoms. The molecule has 6 heteroatoms. The minimum Gasteiger partial charge on any atom is -0.464 e. The molecule has 2 rings (SSSR count). The average molecular weight is 267 g/mol. The van der Waals surface area contributed by atoms with Crippen molar-refractivity contribution in [1.82, 2.24) is 9.36 Å². The summed E-state index contributed by atoms with van der Waals surface area (Å²) in [7, 11) is 1.67. The van der Waals surface area contributed by atoms with Gasteiger partial charge in [0.05, 0.1) is 6.61 Å². The van der Waals surface area contributed by atoms with Gasteiger partial charge in [-0.3, -0.25) is 0 Å². The van der Waals surface area contributed by atoms with Crippen LogP contribution in [0.1, 0.15) is 30.3 Å². The Morgan fingerprint density at radius 2 is 2.33 bits per heavy atom. The predicted octanol–water partition coefficient (Wildman–Crippen LogP) is 2.80. The van der Waals surface area contributed by atoms with Gasteiger partial charge in [-0.1, -0.05) is 6.92 Å². The molecule has 0 bridgehead atoms. The highest BCUT2D eigenvalue weighted by Crippen LogP contribution is 2.23. The number of hydrogen-bond donors (Lipinski definition) is 1. The molecule has 0 radical (unpaired) electrons. The summed E-state index contributed by atoms with van der Waals surface area (Å²) in [6.45, 7) is 4.48. The van der Waals surface area contributed by atoms with E-state index in [2.05, 4.69) is 14.7 Å². The second-order valence-corrected chi connectivity index (χ2v) is 4.72. The van der Waals surface area contributed by atoms with Gasteiger partial charge in [0.2, 0.25) is 5.13 Å². The maximum atomic E-state index is 5.62. The van der Waals surface area contributed by atoms with E-state index in [1.54, 1.807) is 7.11 Å². The Kier molecular flexibility index (Phi) is 4.33. The third-order valence-electron chi connectivity index (χ3n) is 2.52. The Morgan fingerprint density at radius 3 is 2.89 bits per heavy atom. The van der Waals surface area contributed by atoms with Crippen molar-refractivity contribution in [3.05, 3.63) is 29.5 Å². The zero-order valence-corrected chi connectivity index (χ0v) is 11.6. The van der Waals surface area contributed by atoms with Crippen LogP contribution >= 0.6 is 11.5 Å². The molecule has 0 fully saturated rings. The fraction of sp³-hybridized carbons (Fsp3) is 0.500. The maximum Gasteiger partial charge on any atom is 0.203 e. The van der Waals surface area contributed by atoms with Gasteiger partial charge in [0.25, 0.3) is 0 Å². The Bertz CT molecular complexity index is 495. The highest BCUT2D eigenvalue weighted by Gasteiger charge is 2.16. The molecule has 0 aliphatic heterocycles. The number of furan rings is 1. The van der Waals surface area contributed by atoms with E-state index in [9.17, 15) is 0 Å². The van der Waals surface area contributed by atoms with E-state index >= 15 is 0 Å². The first-order valence-electron chi connectivity index (χ1n) is 5.87. The zero-order chi connectivity index (χ0) is 13.0. The number of nitrogens with one attached hydrogen (secondary N) is 1. The van der Waals surface area contributed by atoms with E-state index in [0.29, 0.717) is 6.61 Å². The molecule has 0 aromatic carbocycles. The molecule has 2 heterocycles. The Hall–Kier alpha value is -1.40. The lowest BCUT2D eigenvalue weighted by Crippen LogP contribution is -2.15. The minimum absolute atomic E-state index is 0.0404. The molecule has 1 unspecified atom stereocenters. The Balaban J connectivity index is 2.10. The number of nitrogens with zero attached hydrogens (tertiary/aromatic N) is 2. The van der Waals surface area contributed by atoms with Crippen LogP contribution in [-0.4, -0.2) is 23.1 Å². The van der Waals surface area contributed by atoms with Crippen LogP contribution in [-0.2, 0) is 11.2 Å². The summed E-state index contributed by atoms with van der Waals surface area (Å²) in [6, 6.07) is 3.85. The fourth-order valence-corrected chi connectivity index (χ4v) is 2.31. The van der Waals surface area contributed by atoms with Crippen LogP contribution in [0.2, 0.25) is 0 Å². The summed E-state index contributed by atoms with van der Waals surface area (Å²) >= 11 is 1.36. The SMILES string of the molecule is CCc1nsc(NC(COC)c2ccc(C)o2)n1. The maximum absolute atomic E-state index is 5.62. The van der Waals surface area contributed by atoms with E-state index < -0.39 is 0 Å². The van der Waals surface area contributed by atoms with Gasteiger partial charge in [0, 0.05) is 25.1 Å². The number of aromatic nitrogens is 2. The van der Waals surface area contributed by atoms with E-state index in [-0.39, 0.29) is 6.04 Å². The smallest absolute Gasteiger partial charge is 0.203 e. The lowest BCUT2D eigenvalue weighted by Gasteiger charge is -2.14. The monoisotopic (exact) mass is 267 g/mol. The third-order valence-corrected chi connectivity index (χ3v) is 3.20. The van der Waals surface area contributed by atoms with Gasteiger partial charge >= 0.3 is 0 Å². The minimum atomic E-state index is -0.0404. The van der Waals surface area contributed by atoms with Gasteiger partial charge in [0.1, 0.15) is 23.4 Å². The predicted molar refractivity (Wildman–Crippen MR) is 71.0 cm³/mol. The summed E-state index contributed by atoms with van der Waals surface area (Å²) < 4.78 is 15.1. The van der Waals surface area contributed by atoms with Gasteiger partial charge in [-0.2, -0.15) is 4.37 Å². The number of rotatable bonds is 6. The van der Waals surface area contributed by atoms with Crippen molar-refractivity contribution in [3.63, 3.8) is 0 Å². The molecule has 2 aromatic heterocycles. The van der Waals surface area contributed by atoms with Gasteiger partial charge < -0.3 is 14.5 Å². The summed E-state index contributed by atoms with van der Waals surface area (Å²) in [5.74, 6) is 2.59. The highest BCUT2D eigenvalue weighted by atomic mass is 32.1. The molecule has 0 aliphatic rings. The van der Waals surface area contributed by atoms with Gasteiger partial charge in [-0.05, 0) is 19.1 Å². The zero-order valence-electron chi connectivity index (χ0n) is 10.8. The first kappa shape index (κ1) is 13.0. The quantitative estimate of drug-likeness (QED) is 0.872. The molecule has 0 amide bonds. The van der Waals surface area contributed by atoms with Crippen molar-refractivity contribution >= 4 is 16.7 Å². The lowest BCUT2D eigenvalue weighted by molar-refractivity contribution is 0.178. The van der Waals surface area contributed by atoms with E-state index in [0.717, 1.165) is 28.9 Å². The van der Waals surface area contributed by atoms with E-state index in [1.165, 1.54) is 11.5 Å². The lowest BCUT2D eigenvalue weighted by atomic mass is 10.2. The highest BCUT2D eigenvalue weighted by molar-refractivity contribution is 7.09. The normalized spacial score (nSPS) is 12.6. The van der Waals surface area contributed by atoms with Gasteiger partial charge in [-0.15, -0.1) is 0 Å². The van der Waals surface area contributed by atoms with Gasteiger partial charge in [-0.25, -0.2) is 4.98 Å². The third kappa shape index (κ3) is 3.08. The number of ether oxygens (including phenoxy) is 1. The van der Waals surface area contributed by atoms with Crippen LogP contribution in [0, 0.1) is 6.92 Å². The van der Waals surface area contributed by atoms with Crippen molar-refractivity contribution in [2.24, 2.45) is 0 Å². The van der Waals surface area contributed by atoms with Crippen molar-refractivity contribution in [3.8, 4) is 0 Å². The van der Waals surface area contributed by atoms with Crippen molar-refractivity contribution in [2.45, 2.75) is 26.3 Å². The molecular formula is C12H17N3O2S. The van der Waals surface area contributed by atoms with Crippen molar-refractivity contribution < 1.29 is 9.15 Å². The van der Waals surface area contributed by atoms with Gasteiger partial charge in [0.15, 0.2) is 0 Å². The molecule has 1 atom stereocenters. The first-order valence-corrected chi connectivity index (χ1v) is 6.64. The van der Waals surface area contributed by atoms with E-state index in [4.69, 9.17) is 9.15 Å². The van der Waals surface area contributed by atoms with E-state index in [1.807, 2.05) is 26.0 Å². The summed E-state index contributed by atoms with van der Waals surface area (Å²) in [5, 5.41) is 4.08. The Labute approximate surface area is 110 Å². The summed E-state index contributed by atoms with van der Waals surface area (Å²) in [6.07, 6.45) is 0.840. The molecule has 0 saturated heterocycles. The molecule has 2 aromatic rings. The molecule has 1 N–H and O–H groups in total. The van der Waals surface area contributed by atoms with Crippen LogP contribution < -0.4 is 5.32 Å². The van der Waals surface area contributed by atoms with Crippen molar-refractivity contribution in [2.75, 3.05) is 19.0 Å². The molecule has 0 saturated carbocycles. The van der Waals surface area contributed by atoms with Crippen LogP contribution in [0.5, 0.6) is 0 Å². The van der Waals surface area contributed by atoms with Crippen LogP contribution in [0.15, 0.2) is 16.5 Å². The number of methoxy groups -OCH3 is 1. The average Bonchev–Trinajstić information content (AvgIpc) is 2.97. The molecular weight excluding hydrogens is 250 g/mol. The summed E-state index contributed by atoms with van der Waals surface area (Å²) in [4.78, 5) is 4.38. The molecule has 18 heavy (non-hydrogen) atoms. The topological polar surface area (TPSA) is 60.2 Å². The number of aryl methyl sites for hydroxylation is 2. The number of hydrogen-bond acceptors (Lipinski definition) is 6. The summed E-state index contributed by atoms with van der Waals surface area (Å²) in [5.41, 5.74) is 0. The first-order chi connectivity index (χ1) is 8.72. The van der Waals surface area contributed by atoms with Crippen LogP contribution in [0.25, 0.3) is 0 Å². The standard InChI is InChI=1S/C12H17N3O2S/c1-4-11-14-12(18-15-11)13-9(7-16-3)10-6-5-8(2)17-10/h5-6,9H,4,7H2,1-3H3,(H,13,14,15). The van der Waals surface area contributed by atoms with Crippen LogP contribution in [0.4, 0.5) is 5.13 Å². The molecule has 5 nitrogen and oxygen atoms in total. The fourth-order valence-electron chi connectivity index (χ4n) is 1.61. The van der Waals surface area contributed by atoms with Crippen LogP contribution in [0.3, 0.4) is 0 Å². The second kappa shape index (κ2) is 5.97. The second-order valence-electron chi connectivity index (χ2n) is 3.97.